The highest BCUT2D eigenvalue weighted by Gasteiger charge is 2.33. The third kappa shape index (κ3) is 7.35. The summed E-state index contributed by atoms with van der Waals surface area (Å²) in [6.07, 6.45) is 0.325. The number of carbonyl (C=O) groups excluding carboxylic acids is 2. The van der Waals surface area contributed by atoms with Gasteiger partial charge in [-0.3, -0.25) is 13.9 Å². The summed E-state index contributed by atoms with van der Waals surface area (Å²) in [7, 11) is -2.79. The SMILES string of the molecule is CCNC(=O)[C@@H](CC)N(Cc1ccc(C)cc1)C(=O)CN(c1ccc(F)cc1)S(=O)(=O)c1ccc(OC)cc1. The van der Waals surface area contributed by atoms with Crippen LogP contribution in [0, 0.1) is 12.7 Å². The van der Waals surface area contributed by atoms with Crippen LogP contribution >= 0.6 is 0 Å². The maximum absolute atomic E-state index is 13.9. The average molecular weight is 556 g/mol. The van der Waals surface area contributed by atoms with Gasteiger partial charge in [-0.05, 0) is 74.4 Å². The first kappa shape index (κ1) is 29.6. The van der Waals surface area contributed by atoms with Gasteiger partial charge in [0.05, 0.1) is 17.7 Å². The van der Waals surface area contributed by atoms with E-state index in [1.54, 1.807) is 13.8 Å². The summed E-state index contributed by atoms with van der Waals surface area (Å²) in [4.78, 5) is 28.2. The van der Waals surface area contributed by atoms with E-state index in [0.29, 0.717) is 18.7 Å². The fourth-order valence-electron chi connectivity index (χ4n) is 4.11. The molecule has 8 nitrogen and oxygen atoms in total. The Morgan fingerprint density at radius 1 is 0.949 bits per heavy atom. The lowest BCUT2D eigenvalue weighted by Gasteiger charge is -2.33. The molecule has 10 heteroatoms. The Balaban J connectivity index is 2.04. The van der Waals surface area contributed by atoms with Crippen LogP contribution in [0.4, 0.5) is 10.1 Å². The van der Waals surface area contributed by atoms with Gasteiger partial charge in [0.25, 0.3) is 10.0 Å². The summed E-state index contributed by atoms with van der Waals surface area (Å²) < 4.78 is 47.4. The highest BCUT2D eigenvalue weighted by atomic mass is 32.2. The molecule has 0 radical (unpaired) electrons. The number of anilines is 1. The number of rotatable bonds is 12. The Hall–Kier alpha value is -3.92. The maximum atomic E-state index is 13.9. The summed E-state index contributed by atoms with van der Waals surface area (Å²) >= 11 is 0. The monoisotopic (exact) mass is 555 g/mol. The molecule has 3 aromatic rings. The zero-order chi connectivity index (χ0) is 28.6. The van der Waals surface area contributed by atoms with Crippen LogP contribution in [0.5, 0.6) is 5.75 Å². The Bertz CT molecular complexity index is 1360. The molecular formula is C29H34FN3O5S. The van der Waals surface area contributed by atoms with Gasteiger partial charge >= 0.3 is 0 Å². The standard InChI is InChI=1S/C29H34FN3O5S/c1-5-27(29(35)31-6-2)32(19-22-9-7-21(3)8-10-22)28(34)20-33(24-13-11-23(30)12-14-24)39(36,37)26-17-15-25(38-4)16-18-26/h7-18,27H,5-6,19-20H2,1-4H3,(H,31,35)/t27-/m1/s1. The van der Waals surface area contributed by atoms with E-state index in [4.69, 9.17) is 4.74 Å². The third-order valence-electron chi connectivity index (χ3n) is 6.25. The summed E-state index contributed by atoms with van der Waals surface area (Å²) in [6.45, 7) is 5.42. The lowest BCUT2D eigenvalue weighted by atomic mass is 10.1. The van der Waals surface area contributed by atoms with E-state index in [1.165, 1.54) is 48.4 Å². The molecule has 0 fully saturated rings. The van der Waals surface area contributed by atoms with Crippen molar-refractivity contribution >= 4 is 27.5 Å². The minimum Gasteiger partial charge on any atom is -0.497 e. The van der Waals surface area contributed by atoms with Crippen LogP contribution in [0.3, 0.4) is 0 Å². The van der Waals surface area contributed by atoms with Crippen LogP contribution in [0.1, 0.15) is 31.4 Å². The van der Waals surface area contributed by atoms with Crippen molar-refractivity contribution in [2.24, 2.45) is 0 Å². The summed E-state index contributed by atoms with van der Waals surface area (Å²) in [5.74, 6) is -0.979. The number of nitrogens with zero attached hydrogens (tertiary/aromatic N) is 2. The molecule has 0 saturated carbocycles. The number of hydrogen-bond donors (Lipinski definition) is 1. The van der Waals surface area contributed by atoms with Crippen LogP contribution in [0.2, 0.25) is 0 Å². The van der Waals surface area contributed by atoms with Crippen LogP contribution in [-0.4, -0.2) is 51.4 Å². The zero-order valence-electron chi connectivity index (χ0n) is 22.6. The van der Waals surface area contributed by atoms with Crippen molar-refractivity contribution in [3.05, 3.63) is 89.7 Å². The van der Waals surface area contributed by atoms with Gasteiger partial charge in [0.2, 0.25) is 11.8 Å². The van der Waals surface area contributed by atoms with Crippen molar-refractivity contribution in [3.63, 3.8) is 0 Å². The van der Waals surface area contributed by atoms with E-state index < -0.39 is 34.3 Å². The molecule has 1 atom stereocenters. The van der Waals surface area contributed by atoms with Gasteiger partial charge in [0.1, 0.15) is 24.2 Å². The Labute approximate surface area is 229 Å². The first-order chi connectivity index (χ1) is 18.6. The summed E-state index contributed by atoms with van der Waals surface area (Å²) in [6, 6.07) is 17.3. The van der Waals surface area contributed by atoms with Crippen molar-refractivity contribution in [1.29, 1.82) is 0 Å². The van der Waals surface area contributed by atoms with Gasteiger partial charge in [-0.1, -0.05) is 36.8 Å². The van der Waals surface area contributed by atoms with Gasteiger partial charge in [0.15, 0.2) is 0 Å². The van der Waals surface area contributed by atoms with Crippen molar-refractivity contribution in [2.45, 2.75) is 44.7 Å². The predicted octanol–water partition coefficient (Wildman–Crippen LogP) is 4.28. The Morgan fingerprint density at radius 3 is 2.10 bits per heavy atom. The van der Waals surface area contributed by atoms with Gasteiger partial charge in [-0.25, -0.2) is 12.8 Å². The number of hydrogen-bond acceptors (Lipinski definition) is 5. The second kappa shape index (κ2) is 13.2. The minimum atomic E-state index is -4.25. The smallest absolute Gasteiger partial charge is 0.264 e. The molecule has 3 aromatic carbocycles. The number of likely N-dealkylation sites (N-methyl/N-ethyl adjacent to an activating group) is 1. The number of nitrogens with one attached hydrogen (secondary N) is 1. The van der Waals surface area contributed by atoms with Gasteiger partial charge in [-0.15, -0.1) is 0 Å². The molecule has 0 aliphatic carbocycles. The molecule has 0 heterocycles. The second-order valence-electron chi connectivity index (χ2n) is 8.99. The van der Waals surface area contributed by atoms with Crippen molar-refractivity contribution in [1.82, 2.24) is 10.2 Å². The molecule has 208 valence electrons. The van der Waals surface area contributed by atoms with E-state index >= 15 is 0 Å². The lowest BCUT2D eigenvalue weighted by molar-refractivity contribution is -0.140. The van der Waals surface area contributed by atoms with E-state index in [2.05, 4.69) is 5.32 Å². The average Bonchev–Trinajstić information content (AvgIpc) is 2.93. The molecule has 0 aliphatic rings. The quantitative estimate of drug-likeness (QED) is 0.360. The van der Waals surface area contributed by atoms with E-state index in [0.717, 1.165) is 27.6 Å². The molecule has 0 unspecified atom stereocenters. The number of sulfonamides is 1. The number of carbonyl (C=O) groups is 2. The van der Waals surface area contributed by atoms with Crippen LogP contribution in [-0.2, 0) is 26.2 Å². The lowest BCUT2D eigenvalue weighted by Crippen LogP contribution is -2.52. The first-order valence-electron chi connectivity index (χ1n) is 12.7. The van der Waals surface area contributed by atoms with E-state index in [9.17, 15) is 22.4 Å². The van der Waals surface area contributed by atoms with Crippen LogP contribution in [0.25, 0.3) is 0 Å². The second-order valence-corrected chi connectivity index (χ2v) is 10.9. The number of ether oxygens (including phenoxy) is 1. The summed E-state index contributed by atoms with van der Waals surface area (Å²) in [5.41, 5.74) is 1.95. The molecule has 2 amide bonds. The van der Waals surface area contributed by atoms with Gasteiger partial charge in [0, 0.05) is 13.1 Å². The molecule has 0 saturated heterocycles. The van der Waals surface area contributed by atoms with Crippen molar-refractivity contribution in [2.75, 3.05) is 24.5 Å². The van der Waals surface area contributed by atoms with Gasteiger partial charge < -0.3 is 15.0 Å². The largest absolute Gasteiger partial charge is 0.497 e. The Kier molecular flexibility index (Phi) is 10.1. The fraction of sp³-hybridized carbons (Fsp3) is 0.310. The molecular weight excluding hydrogens is 521 g/mol. The highest BCUT2D eigenvalue weighted by molar-refractivity contribution is 7.92. The molecule has 0 bridgehead atoms. The third-order valence-corrected chi connectivity index (χ3v) is 8.04. The zero-order valence-corrected chi connectivity index (χ0v) is 23.4. The van der Waals surface area contributed by atoms with E-state index in [-0.39, 0.29) is 23.0 Å². The predicted molar refractivity (Wildman–Crippen MR) is 148 cm³/mol. The Morgan fingerprint density at radius 2 is 1.56 bits per heavy atom. The molecule has 0 aromatic heterocycles. The fourth-order valence-corrected chi connectivity index (χ4v) is 5.53. The topological polar surface area (TPSA) is 96.0 Å². The molecule has 0 spiro atoms. The molecule has 3 rings (SSSR count). The first-order valence-corrected chi connectivity index (χ1v) is 14.1. The molecule has 0 aliphatic heterocycles. The van der Waals surface area contributed by atoms with Crippen molar-refractivity contribution < 1.29 is 27.1 Å². The number of benzene rings is 3. The van der Waals surface area contributed by atoms with Gasteiger partial charge in [-0.2, -0.15) is 0 Å². The highest BCUT2D eigenvalue weighted by Crippen LogP contribution is 2.26. The number of aryl methyl sites for hydroxylation is 1. The maximum Gasteiger partial charge on any atom is 0.264 e. The number of methoxy groups -OCH3 is 1. The van der Waals surface area contributed by atoms with E-state index in [1.807, 2.05) is 31.2 Å². The molecule has 39 heavy (non-hydrogen) atoms. The number of halogens is 1. The summed E-state index contributed by atoms with van der Waals surface area (Å²) in [5, 5.41) is 2.77. The van der Waals surface area contributed by atoms with Crippen LogP contribution in [0.15, 0.2) is 77.7 Å². The normalized spacial score (nSPS) is 11.9. The number of amides is 2. The van der Waals surface area contributed by atoms with Crippen LogP contribution < -0.4 is 14.4 Å². The molecule has 1 N–H and O–H groups in total. The minimum absolute atomic E-state index is 0.0683. The van der Waals surface area contributed by atoms with Crippen molar-refractivity contribution in [3.8, 4) is 5.75 Å².